The topological polar surface area (TPSA) is 64.1 Å². The summed E-state index contributed by atoms with van der Waals surface area (Å²) in [6.45, 7) is 0.584. The zero-order chi connectivity index (χ0) is 18.4. The van der Waals surface area contributed by atoms with E-state index >= 15 is 0 Å². The van der Waals surface area contributed by atoms with E-state index in [2.05, 4.69) is 15.5 Å². The van der Waals surface area contributed by atoms with Crippen molar-refractivity contribution in [3.05, 3.63) is 69.1 Å². The zero-order valence-electron chi connectivity index (χ0n) is 13.6. The smallest absolute Gasteiger partial charge is 0.260 e. The molecule has 1 heterocycles. The maximum Gasteiger partial charge on any atom is 0.260 e. The van der Waals surface area contributed by atoms with E-state index < -0.39 is 5.91 Å². The molecule has 134 valence electrons. The number of carbonyl (C=O) groups is 1. The fourth-order valence-corrected chi connectivity index (χ4v) is 3.56. The summed E-state index contributed by atoms with van der Waals surface area (Å²) < 4.78 is 5.64. The molecule has 0 atom stereocenters. The first kappa shape index (κ1) is 18.6. The Balaban J connectivity index is 1.51. The molecule has 0 radical (unpaired) electrons. The molecule has 0 fully saturated rings. The highest BCUT2D eigenvalue weighted by molar-refractivity contribution is 7.15. The molecule has 0 aliphatic heterocycles. The summed E-state index contributed by atoms with van der Waals surface area (Å²) in [5.41, 5.74) is 0.226. The Labute approximate surface area is 164 Å². The third-order valence-corrected chi connectivity index (χ3v) is 4.95. The van der Waals surface area contributed by atoms with Crippen LogP contribution in [-0.4, -0.2) is 22.7 Å². The fourth-order valence-electron chi connectivity index (χ4n) is 2.21. The van der Waals surface area contributed by atoms with Crippen molar-refractivity contribution >= 4 is 45.6 Å². The monoisotopic (exact) mass is 407 g/mol. The van der Waals surface area contributed by atoms with Crippen LogP contribution in [0.5, 0.6) is 5.75 Å². The average Bonchev–Trinajstić information content (AvgIpc) is 3.07. The molecule has 1 aromatic heterocycles. The Morgan fingerprint density at radius 1 is 1.04 bits per heavy atom. The lowest BCUT2D eigenvalue weighted by Crippen LogP contribution is -2.12. The molecule has 3 aromatic rings. The average molecular weight is 408 g/mol. The van der Waals surface area contributed by atoms with Gasteiger partial charge in [-0.2, -0.15) is 0 Å². The van der Waals surface area contributed by atoms with Gasteiger partial charge in [-0.3, -0.25) is 10.1 Å². The van der Waals surface area contributed by atoms with Gasteiger partial charge in [0.25, 0.3) is 5.91 Å². The molecule has 0 saturated heterocycles. The number of hydrogen-bond donors (Lipinski definition) is 1. The van der Waals surface area contributed by atoms with Gasteiger partial charge in [0, 0.05) is 6.42 Å². The largest absolute Gasteiger partial charge is 0.494 e. The summed E-state index contributed by atoms with van der Waals surface area (Å²) in [4.78, 5) is 12.3. The van der Waals surface area contributed by atoms with Crippen molar-refractivity contribution in [2.45, 2.75) is 12.8 Å². The SMILES string of the molecule is O=C(Nc1nnc(CCCOc2ccccc2)s1)c1c(Cl)cccc1Cl. The Morgan fingerprint density at radius 3 is 2.50 bits per heavy atom. The van der Waals surface area contributed by atoms with Crippen molar-refractivity contribution < 1.29 is 9.53 Å². The second-order valence-corrected chi connectivity index (χ2v) is 7.19. The predicted molar refractivity (Wildman–Crippen MR) is 105 cm³/mol. The van der Waals surface area contributed by atoms with E-state index in [1.165, 1.54) is 11.3 Å². The maximum absolute atomic E-state index is 12.3. The minimum absolute atomic E-state index is 0.226. The molecular formula is C18H15Cl2N3O2S. The van der Waals surface area contributed by atoms with Gasteiger partial charge in [-0.15, -0.1) is 10.2 Å². The van der Waals surface area contributed by atoms with Crippen molar-refractivity contribution in [1.82, 2.24) is 10.2 Å². The molecule has 26 heavy (non-hydrogen) atoms. The van der Waals surface area contributed by atoms with Crippen LogP contribution in [0.25, 0.3) is 0 Å². The molecule has 1 N–H and O–H groups in total. The lowest BCUT2D eigenvalue weighted by molar-refractivity contribution is 0.102. The number of benzene rings is 2. The second kappa shape index (κ2) is 8.98. The number of carbonyl (C=O) groups excluding carboxylic acids is 1. The van der Waals surface area contributed by atoms with Gasteiger partial charge >= 0.3 is 0 Å². The molecule has 3 rings (SSSR count). The number of anilines is 1. The number of ether oxygens (including phenoxy) is 1. The number of hydrogen-bond acceptors (Lipinski definition) is 5. The van der Waals surface area contributed by atoms with E-state index in [0.29, 0.717) is 18.2 Å². The van der Waals surface area contributed by atoms with Crippen molar-refractivity contribution in [3.63, 3.8) is 0 Å². The third kappa shape index (κ3) is 4.94. The quantitative estimate of drug-likeness (QED) is 0.552. The molecule has 0 saturated carbocycles. The minimum atomic E-state index is -0.407. The number of para-hydroxylation sites is 1. The first-order valence-corrected chi connectivity index (χ1v) is 9.46. The normalized spacial score (nSPS) is 10.5. The summed E-state index contributed by atoms with van der Waals surface area (Å²) in [6.07, 6.45) is 1.51. The lowest BCUT2D eigenvalue weighted by atomic mass is 10.2. The van der Waals surface area contributed by atoms with Crippen molar-refractivity contribution in [3.8, 4) is 5.75 Å². The molecule has 8 heteroatoms. The number of amides is 1. The summed E-state index contributed by atoms with van der Waals surface area (Å²) in [7, 11) is 0. The zero-order valence-corrected chi connectivity index (χ0v) is 15.9. The van der Waals surface area contributed by atoms with Crippen LogP contribution in [-0.2, 0) is 6.42 Å². The summed E-state index contributed by atoms with van der Waals surface area (Å²) in [5, 5.41) is 12.6. The number of aryl methyl sites for hydroxylation is 1. The van der Waals surface area contributed by atoms with Gasteiger partial charge in [0.15, 0.2) is 0 Å². The molecule has 0 aliphatic rings. The van der Waals surface area contributed by atoms with E-state index in [9.17, 15) is 4.79 Å². The standard InChI is InChI=1S/C18H15Cl2N3O2S/c19-13-8-4-9-14(20)16(13)17(24)21-18-23-22-15(26-18)10-5-11-25-12-6-2-1-3-7-12/h1-4,6-9H,5,10-11H2,(H,21,23,24). The number of aromatic nitrogens is 2. The maximum atomic E-state index is 12.3. The first-order valence-electron chi connectivity index (χ1n) is 7.89. The lowest BCUT2D eigenvalue weighted by Gasteiger charge is -2.05. The summed E-state index contributed by atoms with van der Waals surface area (Å²) in [6, 6.07) is 14.5. The Morgan fingerprint density at radius 2 is 1.77 bits per heavy atom. The van der Waals surface area contributed by atoms with Crippen molar-refractivity contribution in [2.24, 2.45) is 0 Å². The van der Waals surface area contributed by atoms with E-state index in [4.69, 9.17) is 27.9 Å². The van der Waals surface area contributed by atoms with E-state index in [1.807, 2.05) is 30.3 Å². The Kier molecular flexibility index (Phi) is 6.44. The van der Waals surface area contributed by atoms with Gasteiger partial charge in [-0.25, -0.2) is 0 Å². The van der Waals surface area contributed by atoms with Gasteiger partial charge in [-0.1, -0.05) is 58.8 Å². The molecule has 1 amide bonds. The predicted octanol–water partition coefficient (Wildman–Crippen LogP) is 5.11. The van der Waals surface area contributed by atoms with Crippen molar-refractivity contribution in [1.29, 1.82) is 0 Å². The van der Waals surface area contributed by atoms with E-state index in [0.717, 1.165) is 17.2 Å². The van der Waals surface area contributed by atoms with E-state index in [1.54, 1.807) is 18.2 Å². The van der Waals surface area contributed by atoms with Crippen LogP contribution in [0.1, 0.15) is 21.8 Å². The fraction of sp³-hybridized carbons (Fsp3) is 0.167. The molecule has 2 aromatic carbocycles. The second-order valence-electron chi connectivity index (χ2n) is 5.32. The first-order chi connectivity index (χ1) is 12.6. The highest BCUT2D eigenvalue weighted by Crippen LogP contribution is 2.26. The molecule has 5 nitrogen and oxygen atoms in total. The molecular weight excluding hydrogens is 393 g/mol. The van der Waals surface area contributed by atoms with Gasteiger partial charge in [0.2, 0.25) is 5.13 Å². The minimum Gasteiger partial charge on any atom is -0.494 e. The number of halogens is 2. The van der Waals surface area contributed by atoms with Gasteiger partial charge < -0.3 is 4.74 Å². The molecule has 0 aliphatic carbocycles. The number of rotatable bonds is 7. The van der Waals surface area contributed by atoms with Crippen LogP contribution in [0.15, 0.2) is 48.5 Å². The van der Waals surface area contributed by atoms with Crippen LogP contribution < -0.4 is 10.1 Å². The Hall–Kier alpha value is -2.15. The van der Waals surface area contributed by atoms with Gasteiger partial charge in [-0.05, 0) is 30.7 Å². The number of nitrogens with zero attached hydrogens (tertiary/aromatic N) is 2. The van der Waals surface area contributed by atoms with Crippen LogP contribution >= 0.6 is 34.5 Å². The van der Waals surface area contributed by atoms with Gasteiger partial charge in [0.05, 0.1) is 22.2 Å². The highest BCUT2D eigenvalue weighted by atomic mass is 35.5. The summed E-state index contributed by atoms with van der Waals surface area (Å²) >= 11 is 13.4. The molecule has 0 bridgehead atoms. The third-order valence-electron chi connectivity index (χ3n) is 3.42. The van der Waals surface area contributed by atoms with Crippen molar-refractivity contribution in [2.75, 3.05) is 11.9 Å². The van der Waals surface area contributed by atoms with Crippen LogP contribution in [0.2, 0.25) is 10.0 Å². The van der Waals surface area contributed by atoms with Crippen LogP contribution in [0.3, 0.4) is 0 Å². The van der Waals surface area contributed by atoms with Crippen LogP contribution in [0.4, 0.5) is 5.13 Å². The number of nitrogens with one attached hydrogen (secondary N) is 1. The molecule has 0 unspecified atom stereocenters. The Bertz CT molecular complexity index is 867. The van der Waals surface area contributed by atoms with E-state index in [-0.39, 0.29) is 15.6 Å². The van der Waals surface area contributed by atoms with Crippen LogP contribution in [0, 0.1) is 0 Å². The van der Waals surface area contributed by atoms with Gasteiger partial charge in [0.1, 0.15) is 10.8 Å². The molecule has 0 spiro atoms. The highest BCUT2D eigenvalue weighted by Gasteiger charge is 2.16. The summed E-state index contributed by atoms with van der Waals surface area (Å²) in [5.74, 6) is 0.435.